The van der Waals surface area contributed by atoms with Crippen LogP contribution in [0.1, 0.15) is 70.2 Å². The summed E-state index contributed by atoms with van der Waals surface area (Å²) in [6, 6.07) is 3.35. The van der Waals surface area contributed by atoms with Crippen molar-refractivity contribution >= 4 is 42.1 Å². The zero-order valence-corrected chi connectivity index (χ0v) is 23.5. The minimum absolute atomic E-state index is 0.266. The van der Waals surface area contributed by atoms with E-state index >= 15 is 0 Å². The Balaban J connectivity index is 1.79. The van der Waals surface area contributed by atoms with Gasteiger partial charge < -0.3 is 26.8 Å². The zero-order valence-electron chi connectivity index (χ0n) is 22.6. The highest BCUT2D eigenvalue weighted by Crippen LogP contribution is 2.48. The monoisotopic (exact) mass is 527 g/mol. The average Bonchev–Trinajstić information content (AvgIpc) is 3.57. The molecule has 1 aromatic rings. The van der Waals surface area contributed by atoms with Crippen molar-refractivity contribution in [3.63, 3.8) is 0 Å². The summed E-state index contributed by atoms with van der Waals surface area (Å²) in [4.78, 5) is 28.7. The van der Waals surface area contributed by atoms with Crippen LogP contribution in [0.4, 0.5) is 11.6 Å². The van der Waals surface area contributed by atoms with Crippen LogP contribution in [0.15, 0.2) is 44.7 Å². The number of primary amides is 1. The first-order chi connectivity index (χ1) is 17.4. The molecule has 2 fully saturated rings. The number of thiol groups is 1. The summed E-state index contributed by atoms with van der Waals surface area (Å²) in [6.07, 6.45) is 8.24. The van der Waals surface area contributed by atoms with Gasteiger partial charge in [-0.3, -0.25) is 9.79 Å². The standard InChI is InChI=1S/C27H41N7O2S/c1-6-27(10-11-27)16-36-21(29)9-12-32-22-8-7-19(24(30)35)25(33-22)34-15-18(14-26(34,3)4)13-20(31-5)23(37)17(2)28/h7-9,12,18,37H,6,10-11,13-16,28-29H2,1-5H3,(H2,30,35). The lowest BCUT2D eigenvalue weighted by Gasteiger charge is -2.33. The average molecular weight is 528 g/mol. The lowest BCUT2D eigenvalue weighted by Crippen LogP contribution is -2.40. The van der Waals surface area contributed by atoms with E-state index in [2.05, 4.69) is 48.3 Å². The highest BCUT2D eigenvalue weighted by atomic mass is 32.1. The minimum Gasteiger partial charge on any atom is -0.479 e. The van der Waals surface area contributed by atoms with Crippen LogP contribution in [-0.4, -0.2) is 48.6 Å². The van der Waals surface area contributed by atoms with Crippen molar-refractivity contribution in [2.45, 2.75) is 65.3 Å². The Hall–Kier alpha value is -3.01. The largest absolute Gasteiger partial charge is 0.479 e. The number of rotatable bonds is 11. The van der Waals surface area contributed by atoms with Crippen LogP contribution in [0, 0.1) is 11.3 Å². The van der Waals surface area contributed by atoms with Crippen molar-refractivity contribution in [2.24, 2.45) is 38.5 Å². The van der Waals surface area contributed by atoms with Crippen LogP contribution in [0.5, 0.6) is 0 Å². The van der Waals surface area contributed by atoms with Crippen LogP contribution < -0.4 is 22.1 Å². The fourth-order valence-corrected chi connectivity index (χ4v) is 5.04. The van der Waals surface area contributed by atoms with Crippen molar-refractivity contribution in [1.29, 1.82) is 0 Å². The molecule has 0 aromatic carbocycles. The highest BCUT2D eigenvalue weighted by molar-refractivity contribution is 7.85. The summed E-state index contributed by atoms with van der Waals surface area (Å²) in [5.74, 6) is 1.02. The number of nitrogens with zero attached hydrogens (tertiary/aromatic N) is 4. The number of allylic oxidation sites excluding steroid dienone is 3. The third-order valence-corrected chi connectivity index (χ3v) is 8.05. The first-order valence-electron chi connectivity index (χ1n) is 12.7. The number of carbonyl (C=O) groups is 1. The van der Waals surface area contributed by atoms with Gasteiger partial charge in [0.15, 0.2) is 11.7 Å². The lowest BCUT2D eigenvalue weighted by atomic mass is 9.92. The van der Waals surface area contributed by atoms with E-state index in [-0.39, 0.29) is 16.9 Å². The molecular weight excluding hydrogens is 486 g/mol. The van der Waals surface area contributed by atoms with Crippen LogP contribution in [-0.2, 0) is 4.74 Å². The molecule has 1 aliphatic carbocycles. The Morgan fingerprint density at radius 2 is 2.00 bits per heavy atom. The second-order valence-electron chi connectivity index (χ2n) is 10.8. The quantitative estimate of drug-likeness (QED) is 0.194. The third kappa shape index (κ3) is 7.06. The summed E-state index contributed by atoms with van der Waals surface area (Å²) in [6.45, 7) is 9.56. The summed E-state index contributed by atoms with van der Waals surface area (Å²) < 4.78 is 5.70. The number of ether oxygens (including phenoxy) is 1. The van der Waals surface area contributed by atoms with Gasteiger partial charge in [0.2, 0.25) is 0 Å². The van der Waals surface area contributed by atoms with E-state index in [9.17, 15) is 4.79 Å². The number of nitrogens with two attached hydrogens (primary N) is 3. The Morgan fingerprint density at radius 1 is 1.30 bits per heavy atom. The Morgan fingerprint density at radius 3 is 2.57 bits per heavy atom. The molecule has 1 atom stereocenters. The maximum Gasteiger partial charge on any atom is 0.252 e. The van der Waals surface area contributed by atoms with Crippen molar-refractivity contribution in [1.82, 2.24) is 4.98 Å². The summed E-state index contributed by atoms with van der Waals surface area (Å²) in [5, 5.41) is 0. The number of amides is 1. The normalized spacial score (nSPS) is 21.8. The topological polar surface area (TPSA) is 145 Å². The van der Waals surface area contributed by atoms with Crippen LogP contribution in [0.3, 0.4) is 0 Å². The molecule has 2 aliphatic rings. The Bertz CT molecular complexity index is 1130. The fraction of sp³-hybridized carbons (Fsp3) is 0.556. The number of pyridine rings is 1. The van der Waals surface area contributed by atoms with Gasteiger partial charge in [0.1, 0.15) is 5.82 Å². The molecule has 1 saturated heterocycles. The molecule has 202 valence electrons. The highest BCUT2D eigenvalue weighted by Gasteiger charge is 2.42. The van der Waals surface area contributed by atoms with Gasteiger partial charge >= 0.3 is 0 Å². The van der Waals surface area contributed by atoms with E-state index in [0.717, 1.165) is 25.0 Å². The number of anilines is 1. The Kier molecular flexibility index (Phi) is 8.94. The van der Waals surface area contributed by atoms with Gasteiger partial charge in [-0.25, -0.2) is 9.98 Å². The molecule has 1 amide bonds. The molecule has 10 heteroatoms. The van der Waals surface area contributed by atoms with Gasteiger partial charge in [-0.05, 0) is 70.9 Å². The molecule has 6 N–H and O–H groups in total. The first-order valence-corrected chi connectivity index (χ1v) is 13.2. The second-order valence-corrected chi connectivity index (χ2v) is 11.2. The maximum atomic E-state index is 12.3. The number of aliphatic imine (C=N–C) groups is 2. The molecular formula is C27H41N7O2S. The fourth-order valence-electron chi connectivity index (χ4n) is 4.85. The van der Waals surface area contributed by atoms with Gasteiger partial charge in [-0.15, -0.1) is 12.6 Å². The molecule has 37 heavy (non-hydrogen) atoms. The Labute approximate surface area is 225 Å². The van der Waals surface area contributed by atoms with Crippen molar-refractivity contribution < 1.29 is 9.53 Å². The van der Waals surface area contributed by atoms with E-state index in [4.69, 9.17) is 26.9 Å². The predicted octanol–water partition coefficient (Wildman–Crippen LogP) is 4.08. The van der Waals surface area contributed by atoms with E-state index in [1.54, 1.807) is 31.5 Å². The number of hydrogen-bond acceptors (Lipinski definition) is 9. The molecule has 0 radical (unpaired) electrons. The second kappa shape index (κ2) is 11.6. The number of carbonyl (C=O) groups excluding carboxylic acids is 1. The van der Waals surface area contributed by atoms with Crippen LogP contribution in [0.2, 0.25) is 0 Å². The first kappa shape index (κ1) is 28.6. The van der Waals surface area contributed by atoms with Gasteiger partial charge in [0.05, 0.1) is 12.2 Å². The lowest BCUT2D eigenvalue weighted by molar-refractivity contribution is 0.100. The molecule has 1 aliphatic heterocycles. The molecule has 0 spiro atoms. The molecule has 3 rings (SSSR count). The molecule has 1 saturated carbocycles. The summed E-state index contributed by atoms with van der Waals surface area (Å²) >= 11 is 4.55. The zero-order chi connectivity index (χ0) is 27.4. The number of aromatic nitrogens is 1. The summed E-state index contributed by atoms with van der Waals surface area (Å²) in [7, 11) is 1.75. The van der Waals surface area contributed by atoms with Crippen molar-refractivity contribution in [2.75, 3.05) is 25.1 Å². The third-order valence-electron chi connectivity index (χ3n) is 7.44. The molecule has 2 heterocycles. The van der Waals surface area contributed by atoms with E-state index in [0.29, 0.717) is 46.8 Å². The van der Waals surface area contributed by atoms with Gasteiger partial charge in [0, 0.05) is 53.2 Å². The van der Waals surface area contributed by atoms with Crippen LogP contribution >= 0.6 is 12.6 Å². The molecule has 1 aromatic heterocycles. The van der Waals surface area contributed by atoms with E-state index < -0.39 is 5.91 Å². The van der Waals surface area contributed by atoms with E-state index in [1.165, 1.54) is 12.8 Å². The smallest absolute Gasteiger partial charge is 0.252 e. The predicted molar refractivity (Wildman–Crippen MR) is 154 cm³/mol. The van der Waals surface area contributed by atoms with Gasteiger partial charge in [-0.2, -0.15) is 0 Å². The molecule has 0 bridgehead atoms. The number of hydrogen-bond donors (Lipinski definition) is 4. The van der Waals surface area contributed by atoms with Gasteiger partial charge in [-0.1, -0.05) is 6.92 Å². The minimum atomic E-state index is -0.533. The SMILES string of the molecule is CCC1(COC(N)=CC=Nc2ccc(C(N)=O)c(N3CC(CC(=NC)C(S)=C(C)N)CC3(C)C)n2)CC1. The molecule has 9 nitrogen and oxygen atoms in total. The van der Waals surface area contributed by atoms with Crippen molar-refractivity contribution in [3.05, 3.63) is 40.3 Å². The maximum absolute atomic E-state index is 12.3. The van der Waals surface area contributed by atoms with Crippen LogP contribution in [0.25, 0.3) is 0 Å². The van der Waals surface area contributed by atoms with Gasteiger partial charge in [0.25, 0.3) is 5.91 Å². The molecule has 1 unspecified atom stereocenters. The van der Waals surface area contributed by atoms with E-state index in [1.807, 2.05) is 6.92 Å². The summed E-state index contributed by atoms with van der Waals surface area (Å²) in [5.41, 5.74) is 19.5. The van der Waals surface area contributed by atoms with Crippen molar-refractivity contribution in [3.8, 4) is 0 Å².